The molecular formula is C9H24Si3. The molecule has 0 aromatic carbocycles. The van der Waals surface area contributed by atoms with Crippen LogP contribution in [-0.2, 0) is 0 Å². The first-order valence-electron chi connectivity index (χ1n) is 5.09. The molecule has 1 heterocycles. The fourth-order valence-corrected chi connectivity index (χ4v) is 33.2. The van der Waals surface area contributed by atoms with E-state index < -0.39 is 23.3 Å². The van der Waals surface area contributed by atoms with Crippen LogP contribution < -0.4 is 0 Å². The Hall–Kier alpha value is 0.651. The molecule has 1 unspecified atom stereocenters. The van der Waals surface area contributed by atoms with Gasteiger partial charge in [0.05, 0.1) is 0 Å². The van der Waals surface area contributed by atoms with Gasteiger partial charge >= 0.3 is 0 Å². The highest BCUT2D eigenvalue weighted by Gasteiger charge is 2.60. The molecule has 0 N–H and O–H groups in total. The van der Waals surface area contributed by atoms with Crippen molar-refractivity contribution in [3.8, 4) is 0 Å². The second-order valence-corrected chi connectivity index (χ2v) is 29.0. The summed E-state index contributed by atoms with van der Waals surface area (Å²) in [6, 6.07) is 1.65. The Labute approximate surface area is 80.6 Å². The van der Waals surface area contributed by atoms with E-state index in [4.69, 9.17) is 0 Å². The Kier molecular flexibility index (Phi) is 2.30. The standard InChI is InChI=1S/C9H24Si3/c1-10(2,3)9-8-11(4,5)12(9,6)7/h9H,8H2,1-7H3. The largest absolute Gasteiger partial charge is 0.0713 e. The zero-order valence-electron chi connectivity index (χ0n) is 9.78. The zero-order valence-corrected chi connectivity index (χ0v) is 12.8. The van der Waals surface area contributed by atoms with Crippen LogP contribution in [0, 0.1) is 0 Å². The number of hydrogen-bond donors (Lipinski definition) is 0. The first-order chi connectivity index (χ1) is 5.09. The van der Waals surface area contributed by atoms with Crippen LogP contribution in [0.3, 0.4) is 0 Å². The molecule has 1 rings (SSSR count). The van der Waals surface area contributed by atoms with Crippen LogP contribution in [0.15, 0.2) is 0 Å². The molecule has 1 atom stereocenters. The van der Waals surface area contributed by atoms with Gasteiger partial charge in [-0.05, 0) is 0 Å². The molecule has 0 nitrogen and oxygen atoms in total. The lowest BCUT2D eigenvalue weighted by molar-refractivity contribution is 1.09. The summed E-state index contributed by atoms with van der Waals surface area (Å²) in [5, 5.41) is 1.23. The van der Waals surface area contributed by atoms with Crippen LogP contribution in [0.4, 0.5) is 0 Å². The van der Waals surface area contributed by atoms with Gasteiger partial charge in [0.25, 0.3) is 0 Å². The molecule has 1 aliphatic heterocycles. The van der Waals surface area contributed by atoms with Crippen LogP contribution in [-0.4, -0.2) is 23.3 Å². The minimum atomic E-state index is -0.802. The third-order valence-corrected chi connectivity index (χ3v) is 32.1. The van der Waals surface area contributed by atoms with E-state index in [0.717, 1.165) is 0 Å². The molecule has 1 aliphatic rings. The normalized spacial score (nSPS) is 32.8. The molecule has 72 valence electrons. The monoisotopic (exact) mass is 216 g/mol. The van der Waals surface area contributed by atoms with Gasteiger partial charge in [-0.25, -0.2) is 0 Å². The zero-order chi connectivity index (χ0) is 9.78. The second kappa shape index (κ2) is 2.58. The van der Waals surface area contributed by atoms with E-state index in [9.17, 15) is 0 Å². The van der Waals surface area contributed by atoms with Gasteiger partial charge in [0.2, 0.25) is 0 Å². The quantitative estimate of drug-likeness (QED) is 0.586. The van der Waals surface area contributed by atoms with Gasteiger partial charge in [-0.15, -0.1) is 0 Å². The highest BCUT2D eigenvalue weighted by Crippen LogP contribution is 2.53. The average molecular weight is 217 g/mol. The lowest BCUT2D eigenvalue weighted by Crippen LogP contribution is -2.72. The van der Waals surface area contributed by atoms with E-state index >= 15 is 0 Å². The predicted octanol–water partition coefficient (Wildman–Crippen LogP) is 3.74. The van der Waals surface area contributed by atoms with E-state index in [1.165, 1.54) is 5.16 Å². The Morgan fingerprint density at radius 3 is 1.50 bits per heavy atom. The molecule has 0 radical (unpaired) electrons. The lowest BCUT2D eigenvalue weighted by Gasteiger charge is -2.60. The Morgan fingerprint density at radius 2 is 1.42 bits per heavy atom. The summed E-state index contributed by atoms with van der Waals surface area (Å²) in [6.07, 6.45) is 0. The van der Waals surface area contributed by atoms with Gasteiger partial charge in [-0.1, -0.05) is 57.0 Å². The summed E-state index contributed by atoms with van der Waals surface area (Å²) >= 11 is 0. The van der Waals surface area contributed by atoms with E-state index in [-0.39, 0.29) is 0 Å². The first kappa shape index (κ1) is 10.7. The molecule has 0 bridgehead atoms. The number of rotatable bonds is 1. The molecule has 12 heavy (non-hydrogen) atoms. The summed E-state index contributed by atoms with van der Waals surface area (Å²) in [7, 11) is -2.22. The van der Waals surface area contributed by atoms with Gasteiger partial charge in [-0.3, -0.25) is 0 Å². The Morgan fingerprint density at radius 1 is 1.00 bits per heavy atom. The van der Waals surface area contributed by atoms with Gasteiger partial charge < -0.3 is 0 Å². The summed E-state index contributed by atoms with van der Waals surface area (Å²) in [5.41, 5.74) is 0. The minimum Gasteiger partial charge on any atom is -0.0713 e. The van der Waals surface area contributed by atoms with E-state index in [2.05, 4.69) is 45.8 Å². The highest BCUT2D eigenvalue weighted by atomic mass is 29.3. The highest BCUT2D eigenvalue weighted by molar-refractivity contribution is 7.48. The molecule has 3 heteroatoms. The third-order valence-electron chi connectivity index (χ3n) is 4.38. The van der Waals surface area contributed by atoms with Crippen molar-refractivity contribution in [2.45, 2.75) is 57.0 Å². The average Bonchev–Trinajstić information content (AvgIpc) is 1.81. The fourth-order valence-electron chi connectivity index (χ4n) is 2.76. The van der Waals surface area contributed by atoms with Crippen molar-refractivity contribution in [1.29, 1.82) is 0 Å². The second-order valence-electron chi connectivity index (χ2n) is 6.73. The molecule has 0 aromatic heterocycles. The molecule has 0 saturated carbocycles. The Bertz CT molecular complexity index is 188. The summed E-state index contributed by atoms with van der Waals surface area (Å²) in [6.45, 7) is 18.3. The van der Waals surface area contributed by atoms with Crippen molar-refractivity contribution in [3.05, 3.63) is 0 Å². The van der Waals surface area contributed by atoms with Crippen molar-refractivity contribution in [2.24, 2.45) is 0 Å². The van der Waals surface area contributed by atoms with Crippen molar-refractivity contribution >= 4 is 23.3 Å². The van der Waals surface area contributed by atoms with E-state index in [1.807, 2.05) is 0 Å². The van der Waals surface area contributed by atoms with Crippen LogP contribution in [0.25, 0.3) is 0 Å². The van der Waals surface area contributed by atoms with E-state index in [1.54, 1.807) is 6.04 Å². The molecule has 0 aromatic rings. The maximum Gasteiger partial charge on any atom is 0.0442 e. The SMILES string of the molecule is C[Si](C)(C)C1C[Si](C)(C)[Si]1(C)C. The molecule has 1 fully saturated rings. The predicted molar refractivity (Wildman–Crippen MR) is 66.9 cm³/mol. The summed E-state index contributed by atoms with van der Waals surface area (Å²) in [5.74, 6) is 0. The van der Waals surface area contributed by atoms with E-state index in [0.29, 0.717) is 0 Å². The van der Waals surface area contributed by atoms with Gasteiger partial charge in [0.1, 0.15) is 0 Å². The van der Waals surface area contributed by atoms with Crippen LogP contribution in [0.1, 0.15) is 0 Å². The van der Waals surface area contributed by atoms with Crippen molar-refractivity contribution in [3.63, 3.8) is 0 Å². The molecule has 0 spiro atoms. The van der Waals surface area contributed by atoms with Crippen molar-refractivity contribution in [2.75, 3.05) is 0 Å². The van der Waals surface area contributed by atoms with Crippen LogP contribution in [0.2, 0.25) is 57.0 Å². The van der Waals surface area contributed by atoms with Crippen LogP contribution >= 0.6 is 0 Å². The van der Waals surface area contributed by atoms with Crippen LogP contribution in [0.5, 0.6) is 0 Å². The third kappa shape index (κ3) is 1.40. The number of hydrogen-bond acceptors (Lipinski definition) is 0. The smallest absolute Gasteiger partial charge is 0.0442 e. The molecule has 0 aliphatic carbocycles. The molecule has 1 saturated heterocycles. The fraction of sp³-hybridized carbons (Fsp3) is 1.00. The van der Waals surface area contributed by atoms with Gasteiger partial charge in [0, 0.05) is 23.3 Å². The topological polar surface area (TPSA) is 0 Å². The summed E-state index contributed by atoms with van der Waals surface area (Å²) in [4.78, 5) is 0. The lowest BCUT2D eigenvalue weighted by atomic mass is 10.9. The van der Waals surface area contributed by atoms with Gasteiger partial charge in [-0.2, -0.15) is 0 Å². The first-order valence-corrected chi connectivity index (χ1v) is 16.0. The summed E-state index contributed by atoms with van der Waals surface area (Å²) < 4.78 is 0. The molecular weight excluding hydrogens is 192 g/mol. The maximum atomic E-state index is 2.66. The maximum absolute atomic E-state index is 2.66. The van der Waals surface area contributed by atoms with Crippen molar-refractivity contribution < 1.29 is 0 Å². The molecule has 0 amide bonds. The van der Waals surface area contributed by atoms with Gasteiger partial charge in [0.15, 0.2) is 0 Å². The van der Waals surface area contributed by atoms with Crippen molar-refractivity contribution in [1.82, 2.24) is 0 Å². The minimum absolute atomic E-state index is 0.678. The Balaban J connectivity index is 2.80.